The Balaban J connectivity index is 2.31. The normalized spacial score (nSPS) is 16.1. The number of fused-ring (bicyclic) bond motifs is 1. The van der Waals surface area contributed by atoms with E-state index in [1.165, 1.54) is 11.8 Å². The van der Waals surface area contributed by atoms with Crippen LogP contribution in [0, 0.1) is 24.2 Å². The molecule has 0 aliphatic heterocycles. The van der Waals surface area contributed by atoms with Crippen LogP contribution in [0.5, 0.6) is 0 Å². The second-order valence-corrected chi connectivity index (χ2v) is 5.77. The standard InChI is InChI=1S/C17H22N2O3/c1-5-11(2)12(3)16(20)18-19-10-13-8-6-7-9-14(13)15(19)17(21)22-4/h1,10-12H,6-9H2,2-4H3,(H,18,20)/t11-,12+/m0/s1. The molecule has 0 unspecified atom stereocenters. The summed E-state index contributed by atoms with van der Waals surface area (Å²) in [6, 6.07) is 0. The van der Waals surface area contributed by atoms with Gasteiger partial charge in [-0.05, 0) is 36.8 Å². The number of aromatic nitrogens is 1. The van der Waals surface area contributed by atoms with Crippen molar-refractivity contribution in [3.63, 3.8) is 0 Å². The average Bonchev–Trinajstić information content (AvgIpc) is 2.90. The van der Waals surface area contributed by atoms with Gasteiger partial charge >= 0.3 is 5.97 Å². The fourth-order valence-corrected chi connectivity index (χ4v) is 2.71. The van der Waals surface area contributed by atoms with Crippen molar-refractivity contribution in [3.8, 4) is 12.3 Å². The zero-order valence-corrected chi connectivity index (χ0v) is 13.3. The van der Waals surface area contributed by atoms with E-state index in [9.17, 15) is 9.59 Å². The molecule has 1 amide bonds. The number of nitrogens with zero attached hydrogens (tertiary/aromatic N) is 1. The molecule has 0 fully saturated rings. The number of hydrogen-bond donors (Lipinski definition) is 1. The van der Waals surface area contributed by atoms with E-state index >= 15 is 0 Å². The van der Waals surface area contributed by atoms with Crippen LogP contribution >= 0.6 is 0 Å². The van der Waals surface area contributed by atoms with Crippen molar-refractivity contribution in [2.24, 2.45) is 11.8 Å². The first-order valence-electron chi connectivity index (χ1n) is 7.58. The van der Waals surface area contributed by atoms with E-state index in [1.54, 1.807) is 6.92 Å². The average molecular weight is 302 g/mol. The summed E-state index contributed by atoms with van der Waals surface area (Å²) in [6.07, 6.45) is 11.1. The summed E-state index contributed by atoms with van der Waals surface area (Å²) in [5.74, 6) is 1.42. The molecule has 0 aromatic carbocycles. The number of esters is 1. The molecular weight excluding hydrogens is 280 g/mol. The van der Waals surface area contributed by atoms with Crippen molar-refractivity contribution < 1.29 is 14.3 Å². The Kier molecular flexibility index (Phi) is 4.92. The SMILES string of the molecule is C#C[C@H](C)[C@@H](C)C(=O)Nn1cc2c(c1C(=O)OC)CCCC2. The molecule has 1 aliphatic rings. The zero-order chi connectivity index (χ0) is 16.3. The molecule has 0 spiro atoms. The molecule has 22 heavy (non-hydrogen) atoms. The second kappa shape index (κ2) is 6.69. The first-order chi connectivity index (χ1) is 10.5. The third-order valence-electron chi connectivity index (χ3n) is 4.36. The smallest absolute Gasteiger partial charge is 0.356 e. The van der Waals surface area contributed by atoms with Crippen LogP contribution in [0.1, 0.15) is 48.3 Å². The van der Waals surface area contributed by atoms with Crippen molar-refractivity contribution in [3.05, 3.63) is 23.0 Å². The Morgan fingerprint density at radius 3 is 2.68 bits per heavy atom. The number of aryl methyl sites for hydroxylation is 1. The lowest BCUT2D eigenvalue weighted by Gasteiger charge is -2.17. The van der Waals surface area contributed by atoms with Gasteiger partial charge < -0.3 is 4.74 Å². The molecule has 2 atom stereocenters. The van der Waals surface area contributed by atoms with Crippen LogP contribution in [-0.2, 0) is 22.4 Å². The first-order valence-corrected chi connectivity index (χ1v) is 7.58. The topological polar surface area (TPSA) is 60.3 Å². The highest BCUT2D eigenvalue weighted by molar-refractivity contribution is 5.92. The maximum Gasteiger partial charge on any atom is 0.356 e. The van der Waals surface area contributed by atoms with Gasteiger partial charge in [0, 0.05) is 12.1 Å². The molecule has 1 aliphatic carbocycles. The predicted molar refractivity (Wildman–Crippen MR) is 83.9 cm³/mol. The molecule has 1 aromatic heterocycles. The minimum absolute atomic E-state index is 0.174. The van der Waals surface area contributed by atoms with Gasteiger partial charge in [0.15, 0.2) is 5.69 Å². The summed E-state index contributed by atoms with van der Waals surface area (Å²) in [4.78, 5) is 24.4. The van der Waals surface area contributed by atoms with Crippen LogP contribution < -0.4 is 5.43 Å². The van der Waals surface area contributed by atoms with E-state index in [1.807, 2.05) is 13.1 Å². The number of ether oxygens (including phenoxy) is 1. The van der Waals surface area contributed by atoms with E-state index in [0.29, 0.717) is 5.69 Å². The Morgan fingerprint density at radius 2 is 2.05 bits per heavy atom. The molecule has 5 heteroatoms. The number of methoxy groups -OCH3 is 1. The second-order valence-electron chi connectivity index (χ2n) is 5.77. The fraction of sp³-hybridized carbons (Fsp3) is 0.529. The number of terminal acetylenes is 1. The summed E-state index contributed by atoms with van der Waals surface area (Å²) in [7, 11) is 1.35. The van der Waals surface area contributed by atoms with Gasteiger partial charge in [-0.15, -0.1) is 12.3 Å². The van der Waals surface area contributed by atoms with E-state index < -0.39 is 5.97 Å². The minimum Gasteiger partial charge on any atom is -0.464 e. The molecular formula is C17H22N2O3. The number of nitrogens with one attached hydrogen (secondary N) is 1. The maximum atomic E-state index is 12.3. The predicted octanol–water partition coefficient (Wildman–Crippen LogP) is 2.13. The van der Waals surface area contributed by atoms with Crippen LogP contribution in [0.2, 0.25) is 0 Å². The summed E-state index contributed by atoms with van der Waals surface area (Å²) < 4.78 is 6.37. The van der Waals surface area contributed by atoms with E-state index in [0.717, 1.165) is 36.8 Å². The van der Waals surface area contributed by atoms with Crippen LogP contribution in [0.3, 0.4) is 0 Å². The van der Waals surface area contributed by atoms with Gasteiger partial charge in [0.1, 0.15) is 0 Å². The highest BCUT2D eigenvalue weighted by Gasteiger charge is 2.26. The van der Waals surface area contributed by atoms with Gasteiger partial charge in [-0.25, -0.2) is 4.79 Å². The third kappa shape index (κ3) is 3.01. The Morgan fingerprint density at radius 1 is 1.36 bits per heavy atom. The monoisotopic (exact) mass is 302 g/mol. The van der Waals surface area contributed by atoms with Crippen molar-refractivity contribution in [1.29, 1.82) is 0 Å². The van der Waals surface area contributed by atoms with Crippen LogP contribution in [0.25, 0.3) is 0 Å². The highest BCUT2D eigenvalue weighted by Crippen LogP contribution is 2.26. The molecule has 118 valence electrons. The molecule has 1 aromatic rings. The van der Waals surface area contributed by atoms with Gasteiger partial charge in [0.25, 0.3) is 0 Å². The molecule has 0 radical (unpaired) electrons. The van der Waals surface area contributed by atoms with Crippen molar-refractivity contribution in [2.75, 3.05) is 12.5 Å². The first kappa shape index (κ1) is 16.2. The highest BCUT2D eigenvalue weighted by atomic mass is 16.5. The van der Waals surface area contributed by atoms with Gasteiger partial charge in [0.2, 0.25) is 5.91 Å². The number of hydrogen-bond acceptors (Lipinski definition) is 3. The van der Waals surface area contributed by atoms with Crippen LogP contribution in [-0.4, -0.2) is 23.7 Å². The molecule has 1 heterocycles. The molecule has 0 saturated heterocycles. The van der Waals surface area contributed by atoms with Crippen molar-refractivity contribution >= 4 is 11.9 Å². The summed E-state index contributed by atoms with van der Waals surface area (Å²) in [5.41, 5.74) is 5.29. The summed E-state index contributed by atoms with van der Waals surface area (Å²) in [5, 5.41) is 0. The maximum absolute atomic E-state index is 12.3. The van der Waals surface area contributed by atoms with Gasteiger partial charge in [0.05, 0.1) is 13.0 Å². The van der Waals surface area contributed by atoms with E-state index in [4.69, 9.17) is 11.2 Å². The number of carbonyl (C=O) groups is 2. The lowest BCUT2D eigenvalue weighted by atomic mass is 9.94. The van der Waals surface area contributed by atoms with E-state index in [-0.39, 0.29) is 17.7 Å². The lowest BCUT2D eigenvalue weighted by Crippen LogP contribution is -2.32. The molecule has 0 saturated carbocycles. The fourth-order valence-electron chi connectivity index (χ4n) is 2.71. The molecule has 2 rings (SSSR count). The van der Waals surface area contributed by atoms with Crippen molar-refractivity contribution in [1.82, 2.24) is 4.68 Å². The molecule has 5 nitrogen and oxygen atoms in total. The van der Waals surface area contributed by atoms with Crippen LogP contribution in [0.15, 0.2) is 6.20 Å². The molecule has 1 N–H and O–H groups in total. The summed E-state index contributed by atoms with van der Waals surface area (Å²) >= 11 is 0. The minimum atomic E-state index is -0.430. The number of rotatable bonds is 4. The lowest BCUT2D eigenvalue weighted by molar-refractivity contribution is -0.121. The zero-order valence-electron chi connectivity index (χ0n) is 13.3. The Hall–Kier alpha value is -2.22. The van der Waals surface area contributed by atoms with Crippen LogP contribution in [0.4, 0.5) is 0 Å². The van der Waals surface area contributed by atoms with Crippen molar-refractivity contribution in [2.45, 2.75) is 39.5 Å². The van der Waals surface area contributed by atoms with Gasteiger partial charge in [-0.2, -0.15) is 0 Å². The third-order valence-corrected chi connectivity index (χ3v) is 4.36. The molecule has 0 bridgehead atoms. The van der Waals surface area contributed by atoms with Gasteiger partial charge in [-0.1, -0.05) is 13.8 Å². The number of amides is 1. The Labute approximate surface area is 131 Å². The Bertz CT molecular complexity index is 625. The van der Waals surface area contributed by atoms with Gasteiger partial charge in [-0.3, -0.25) is 14.9 Å². The quantitative estimate of drug-likeness (QED) is 0.684. The largest absolute Gasteiger partial charge is 0.464 e. The van der Waals surface area contributed by atoms with E-state index in [2.05, 4.69) is 11.3 Å². The summed E-state index contributed by atoms with van der Waals surface area (Å²) in [6.45, 7) is 3.60. The number of carbonyl (C=O) groups excluding carboxylic acids is 2.